The van der Waals surface area contributed by atoms with Crippen molar-refractivity contribution in [1.29, 1.82) is 0 Å². The standard InChI is InChI=1S/C18H35N3O3/c1-7-21(20-10-8-9-11-20)16(22)13-15(12-14(2)3)19-17(23)24-18(4,5)6/h14-15H,7-13H2,1-6H3,(H,19,23)/t15-/m0/s1. The number of nitrogens with one attached hydrogen (secondary N) is 1. The lowest BCUT2D eigenvalue weighted by atomic mass is 10.0. The summed E-state index contributed by atoms with van der Waals surface area (Å²) >= 11 is 0. The zero-order chi connectivity index (χ0) is 18.3. The molecule has 1 fully saturated rings. The molecular weight excluding hydrogens is 306 g/mol. The van der Waals surface area contributed by atoms with Crippen molar-refractivity contribution in [3.8, 4) is 0 Å². The van der Waals surface area contributed by atoms with E-state index >= 15 is 0 Å². The number of nitrogens with zero attached hydrogens (tertiary/aromatic N) is 2. The molecule has 24 heavy (non-hydrogen) atoms. The highest BCUT2D eigenvalue weighted by Crippen LogP contribution is 2.16. The first-order chi connectivity index (χ1) is 11.1. The number of rotatable bonds is 7. The minimum Gasteiger partial charge on any atom is -0.444 e. The van der Waals surface area contributed by atoms with Crippen molar-refractivity contribution in [3.63, 3.8) is 0 Å². The Hall–Kier alpha value is -1.30. The summed E-state index contributed by atoms with van der Waals surface area (Å²) in [4.78, 5) is 24.8. The van der Waals surface area contributed by atoms with E-state index in [0.717, 1.165) is 32.4 Å². The maximum absolute atomic E-state index is 12.7. The van der Waals surface area contributed by atoms with Crippen LogP contribution < -0.4 is 5.32 Å². The van der Waals surface area contributed by atoms with Gasteiger partial charge in [0.25, 0.3) is 0 Å². The molecule has 0 aromatic carbocycles. The third-order valence-corrected chi connectivity index (χ3v) is 3.91. The molecule has 0 aromatic heterocycles. The van der Waals surface area contributed by atoms with Crippen molar-refractivity contribution in [2.75, 3.05) is 19.6 Å². The largest absolute Gasteiger partial charge is 0.444 e. The second-order valence-corrected chi connectivity index (χ2v) is 7.95. The van der Waals surface area contributed by atoms with Crippen molar-refractivity contribution in [3.05, 3.63) is 0 Å². The fraction of sp³-hybridized carbons (Fsp3) is 0.889. The first kappa shape index (κ1) is 20.7. The lowest BCUT2D eigenvalue weighted by Gasteiger charge is -2.32. The SMILES string of the molecule is CCN(C(=O)C[C@H](CC(C)C)NC(=O)OC(C)(C)C)N1CCCC1. The first-order valence-corrected chi connectivity index (χ1v) is 9.17. The van der Waals surface area contributed by atoms with Crippen LogP contribution in [0, 0.1) is 5.92 Å². The zero-order valence-electron chi connectivity index (χ0n) is 16.2. The van der Waals surface area contributed by atoms with E-state index in [1.807, 2.05) is 32.7 Å². The van der Waals surface area contributed by atoms with Gasteiger partial charge in [-0.05, 0) is 52.9 Å². The van der Waals surface area contributed by atoms with E-state index in [0.29, 0.717) is 18.9 Å². The monoisotopic (exact) mass is 341 g/mol. The molecule has 0 radical (unpaired) electrons. The number of hydrogen-bond acceptors (Lipinski definition) is 4. The molecule has 1 saturated heterocycles. The van der Waals surface area contributed by atoms with Gasteiger partial charge in [-0.2, -0.15) is 0 Å². The van der Waals surface area contributed by atoms with Crippen molar-refractivity contribution < 1.29 is 14.3 Å². The highest BCUT2D eigenvalue weighted by atomic mass is 16.6. The third-order valence-electron chi connectivity index (χ3n) is 3.91. The molecule has 6 heteroatoms. The van der Waals surface area contributed by atoms with E-state index in [-0.39, 0.29) is 11.9 Å². The van der Waals surface area contributed by atoms with Crippen LogP contribution in [0.15, 0.2) is 0 Å². The number of hydrazine groups is 1. The minimum atomic E-state index is -0.540. The fourth-order valence-corrected chi connectivity index (χ4v) is 3.03. The zero-order valence-corrected chi connectivity index (χ0v) is 16.2. The summed E-state index contributed by atoms with van der Waals surface area (Å²) in [6.45, 7) is 14.2. The molecule has 1 atom stereocenters. The van der Waals surface area contributed by atoms with Gasteiger partial charge in [0.1, 0.15) is 5.60 Å². The van der Waals surface area contributed by atoms with Crippen LogP contribution in [-0.2, 0) is 9.53 Å². The van der Waals surface area contributed by atoms with Gasteiger partial charge in [0.2, 0.25) is 5.91 Å². The topological polar surface area (TPSA) is 61.9 Å². The molecule has 0 spiro atoms. The number of ether oxygens (including phenoxy) is 1. The molecule has 0 bridgehead atoms. The van der Waals surface area contributed by atoms with E-state index in [1.165, 1.54) is 0 Å². The van der Waals surface area contributed by atoms with E-state index in [2.05, 4.69) is 24.2 Å². The molecule has 1 aliphatic heterocycles. The van der Waals surface area contributed by atoms with Gasteiger partial charge in [-0.3, -0.25) is 9.80 Å². The number of hydrogen-bond donors (Lipinski definition) is 1. The van der Waals surface area contributed by atoms with Crippen molar-refractivity contribution in [1.82, 2.24) is 15.3 Å². The molecule has 0 saturated carbocycles. The highest BCUT2D eigenvalue weighted by molar-refractivity contribution is 5.77. The summed E-state index contributed by atoms with van der Waals surface area (Å²) < 4.78 is 5.33. The predicted molar refractivity (Wildman–Crippen MR) is 95.4 cm³/mol. The number of carbonyl (C=O) groups is 2. The Morgan fingerprint density at radius 3 is 2.25 bits per heavy atom. The van der Waals surface area contributed by atoms with Crippen LogP contribution >= 0.6 is 0 Å². The lowest BCUT2D eigenvalue weighted by Crippen LogP contribution is -2.48. The summed E-state index contributed by atoms with van der Waals surface area (Å²) in [5, 5.41) is 6.84. The Labute approximate surface area is 146 Å². The van der Waals surface area contributed by atoms with Gasteiger partial charge >= 0.3 is 6.09 Å². The maximum atomic E-state index is 12.7. The lowest BCUT2D eigenvalue weighted by molar-refractivity contribution is -0.147. The van der Waals surface area contributed by atoms with Gasteiger partial charge in [0.05, 0.1) is 0 Å². The number of alkyl carbamates (subject to hydrolysis) is 1. The van der Waals surface area contributed by atoms with E-state index in [4.69, 9.17) is 4.74 Å². The van der Waals surface area contributed by atoms with Crippen molar-refractivity contribution in [2.24, 2.45) is 5.92 Å². The fourth-order valence-electron chi connectivity index (χ4n) is 3.03. The Balaban J connectivity index is 2.66. The molecular formula is C18H35N3O3. The average Bonchev–Trinajstić information content (AvgIpc) is 2.89. The van der Waals surface area contributed by atoms with Gasteiger partial charge in [-0.15, -0.1) is 0 Å². The Kier molecular flexibility index (Phi) is 8.00. The van der Waals surface area contributed by atoms with Crippen molar-refractivity contribution >= 4 is 12.0 Å². The molecule has 6 nitrogen and oxygen atoms in total. The number of carbonyl (C=O) groups excluding carboxylic acids is 2. The van der Waals surface area contributed by atoms with Gasteiger partial charge in [-0.25, -0.2) is 9.80 Å². The first-order valence-electron chi connectivity index (χ1n) is 9.17. The summed E-state index contributed by atoms with van der Waals surface area (Å²) in [5.41, 5.74) is -0.540. The molecule has 1 heterocycles. The molecule has 1 rings (SSSR count). The van der Waals surface area contributed by atoms with Gasteiger partial charge in [0, 0.05) is 32.1 Å². The van der Waals surface area contributed by atoms with Crippen LogP contribution in [0.1, 0.15) is 67.2 Å². The van der Waals surface area contributed by atoms with Gasteiger partial charge in [0.15, 0.2) is 0 Å². The van der Waals surface area contributed by atoms with Crippen LogP contribution in [0.25, 0.3) is 0 Å². The summed E-state index contributed by atoms with van der Waals surface area (Å²) in [5.74, 6) is 0.459. The predicted octanol–water partition coefficient (Wildman–Crippen LogP) is 3.18. The van der Waals surface area contributed by atoms with E-state index < -0.39 is 11.7 Å². The molecule has 140 valence electrons. The average molecular weight is 341 g/mol. The number of amides is 2. The second-order valence-electron chi connectivity index (χ2n) is 7.95. The smallest absolute Gasteiger partial charge is 0.407 e. The van der Waals surface area contributed by atoms with Crippen LogP contribution in [-0.4, -0.2) is 53.3 Å². The highest BCUT2D eigenvalue weighted by Gasteiger charge is 2.27. The van der Waals surface area contributed by atoms with Crippen LogP contribution in [0.4, 0.5) is 4.79 Å². The molecule has 0 aromatic rings. The van der Waals surface area contributed by atoms with Crippen LogP contribution in [0.2, 0.25) is 0 Å². The molecule has 2 amide bonds. The van der Waals surface area contributed by atoms with Crippen LogP contribution in [0.5, 0.6) is 0 Å². The molecule has 1 N–H and O–H groups in total. The summed E-state index contributed by atoms with van der Waals surface area (Å²) in [6, 6.07) is -0.205. The quantitative estimate of drug-likeness (QED) is 0.772. The third kappa shape index (κ3) is 7.51. The Morgan fingerprint density at radius 2 is 1.79 bits per heavy atom. The van der Waals surface area contributed by atoms with Crippen molar-refractivity contribution in [2.45, 2.75) is 78.9 Å². The van der Waals surface area contributed by atoms with Crippen LogP contribution in [0.3, 0.4) is 0 Å². The second kappa shape index (κ2) is 9.25. The molecule has 0 unspecified atom stereocenters. The maximum Gasteiger partial charge on any atom is 0.407 e. The summed E-state index contributed by atoms with van der Waals surface area (Å²) in [6.07, 6.45) is 2.87. The minimum absolute atomic E-state index is 0.0705. The van der Waals surface area contributed by atoms with Gasteiger partial charge in [-0.1, -0.05) is 13.8 Å². The Bertz CT molecular complexity index is 412. The molecule has 1 aliphatic rings. The normalized spacial score (nSPS) is 17.0. The molecule has 0 aliphatic carbocycles. The summed E-state index contributed by atoms with van der Waals surface area (Å²) in [7, 11) is 0. The van der Waals surface area contributed by atoms with Gasteiger partial charge < -0.3 is 10.1 Å². The Morgan fingerprint density at radius 1 is 1.21 bits per heavy atom. The van der Waals surface area contributed by atoms with E-state index in [9.17, 15) is 9.59 Å². The van der Waals surface area contributed by atoms with E-state index in [1.54, 1.807) is 0 Å².